The van der Waals surface area contributed by atoms with Crippen molar-refractivity contribution in [1.29, 1.82) is 0 Å². The number of aromatic nitrogens is 4. The fourth-order valence-electron chi connectivity index (χ4n) is 4.64. The second-order valence-electron chi connectivity index (χ2n) is 10.2. The van der Waals surface area contributed by atoms with Crippen molar-refractivity contribution in [1.82, 2.24) is 25.3 Å². The summed E-state index contributed by atoms with van der Waals surface area (Å²) in [6.45, 7) is 4.21. The molecule has 12 heteroatoms. The Morgan fingerprint density at radius 3 is 2.33 bits per heavy atom. The molecule has 4 rings (SSSR count). The van der Waals surface area contributed by atoms with Gasteiger partial charge in [0.1, 0.15) is 0 Å². The zero-order valence-corrected chi connectivity index (χ0v) is 24.2. The van der Waals surface area contributed by atoms with Gasteiger partial charge in [-0.1, -0.05) is 37.5 Å². The molecule has 2 heterocycles. The fraction of sp³-hybridized carbons (Fsp3) is 0.500. The summed E-state index contributed by atoms with van der Waals surface area (Å²) in [6.07, 6.45) is 8.40. The topological polar surface area (TPSA) is 161 Å². The van der Waals surface area contributed by atoms with Crippen molar-refractivity contribution >= 4 is 29.4 Å². The van der Waals surface area contributed by atoms with E-state index in [0.29, 0.717) is 69.8 Å². The molecule has 42 heavy (non-hydrogen) atoms. The molecule has 0 unspecified atom stereocenters. The first-order chi connectivity index (χ1) is 20.7. The van der Waals surface area contributed by atoms with Gasteiger partial charge in [-0.2, -0.15) is 15.0 Å². The van der Waals surface area contributed by atoms with Crippen molar-refractivity contribution < 1.29 is 14.3 Å². The third kappa shape index (κ3) is 11.6. The van der Waals surface area contributed by atoms with Gasteiger partial charge in [-0.15, -0.1) is 0 Å². The maximum Gasteiger partial charge on any atom is 0.233 e. The van der Waals surface area contributed by atoms with Gasteiger partial charge in [0.25, 0.3) is 0 Å². The fourth-order valence-corrected chi connectivity index (χ4v) is 4.64. The second-order valence-corrected chi connectivity index (χ2v) is 10.2. The Kier molecular flexibility index (Phi) is 13.2. The first-order valence-electron chi connectivity index (χ1n) is 14.8. The minimum Gasteiger partial charge on any atom is -0.378 e. The lowest BCUT2D eigenvalue weighted by molar-refractivity contribution is -0.120. The van der Waals surface area contributed by atoms with Crippen LogP contribution in [0.3, 0.4) is 0 Å². The number of amides is 1. The molecule has 0 saturated heterocycles. The Hall–Kier alpha value is -3.87. The Morgan fingerprint density at radius 1 is 0.857 bits per heavy atom. The smallest absolute Gasteiger partial charge is 0.233 e. The predicted molar refractivity (Wildman–Crippen MR) is 164 cm³/mol. The van der Waals surface area contributed by atoms with E-state index in [1.807, 2.05) is 42.5 Å². The molecule has 1 amide bonds. The zero-order valence-electron chi connectivity index (χ0n) is 24.2. The van der Waals surface area contributed by atoms with Crippen LogP contribution in [0.2, 0.25) is 0 Å². The van der Waals surface area contributed by atoms with E-state index >= 15 is 0 Å². The molecule has 1 aliphatic carbocycles. The summed E-state index contributed by atoms with van der Waals surface area (Å²) in [5.74, 6) is 1.99. The van der Waals surface area contributed by atoms with Gasteiger partial charge in [0.05, 0.1) is 45.1 Å². The molecule has 12 nitrogen and oxygen atoms in total. The number of carbonyl (C=O) groups is 1. The average molecular weight is 578 g/mol. The highest BCUT2D eigenvalue weighted by Crippen LogP contribution is 2.24. The molecule has 226 valence electrons. The number of ether oxygens (including phenoxy) is 2. The maximum absolute atomic E-state index is 12.3. The molecule has 0 spiro atoms. The molecule has 0 aliphatic heterocycles. The molecule has 1 aromatic carbocycles. The number of carbonyl (C=O) groups excluding carboxylic acids is 1. The molecule has 6 N–H and O–H groups in total. The predicted octanol–water partition coefficient (Wildman–Crippen LogP) is 3.27. The van der Waals surface area contributed by atoms with E-state index in [4.69, 9.17) is 15.2 Å². The molecule has 0 radical (unpaired) electrons. The van der Waals surface area contributed by atoms with Crippen LogP contribution in [0.5, 0.6) is 0 Å². The molecule has 2 aromatic heterocycles. The highest BCUT2D eigenvalue weighted by atomic mass is 16.5. The van der Waals surface area contributed by atoms with Crippen LogP contribution in [-0.4, -0.2) is 71.9 Å². The normalized spacial score (nSPS) is 13.5. The van der Waals surface area contributed by atoms with Gasteiger partial charge in [0.2, 0.25) is 23.8 Å². The first kappa shape index (κ1) is 31.1. The average Bonchev–Trinajstić information content (AvgIpc) is 3.02. The monoisotopic (exact) mass is 577 g/mol. The van der Waals surface area contributed by atoms with Crippen LogP contribution in [0, 0.1) is 5.92 Å². The third-order valence-electron chi connectivity index (χ3n) is 6.84. The molecular weight excluding hydrogens is 534 g/mol. The zero-order chi connectivity index (χ0) is 29.2. The number of hydrogen-bond acceptors (Lipinski definition) is 11. The molecule has 1 aliphatic rings. The van der Waals surface area contributed by atoms with Crippen LogP contribution in [-0.2, 0) is 27.2 Å². The molecule has 1 fully saturated rings. The van der Waals surface area contributed by atoms with Gasteiger partial charge in [-0.3, -0.25) is 9.78 Å². The van der Waals surface area contributed by atoms with Crippen LogP contribution < -0.4 is 27.0 Å². The Bertz CT molecular complexity index is 1190. The quantitative estimate of drug-likeness (QED) is 0.141. The van der Waals surface area contributed by atoms with Gasteiger partial charge in [-0.05, 0) is 48.6 Å². The summed E-state index contributed by atoms with van der Waals surface area (Å²) >= 11 is 0. The standard InChI is InChI=1S/C30H43N9O3/c31-13-16-41-18-19-42-17-15-33-27(40)20-23-9-11-25(12-10-23)36-30-38-28(34-21-24-6-2-1-3-7-24)37-29(39-30)35-22-26-8-4-5-14-32-26/h4-5,8-12,14,24H,1-3,6-7,13,15-22,31H2,(H,33,40)(H3,34,35,36,37,38,39). The summed E-state index contributed by atoms with van der Waals surface area (Å²) in [5, 5.41) is 12.8. The van der Waals surface area contributed by atoms with Crippen molar-refractivity contribution in [2.75, 3.05) is 62.0 Å². The Balaban J connectivity index is 1.29. The molecule has 3 aromatic rings. The largest absolute Gasteiger partial charge is 0.378 e. The van der Waals surface area contributed by atoms with Gasteiger partial charge in [0, 0.05) is 31.5 Å². The lowest BCUT2D eigenvalue weighted by atomic mass is 9.89. The number of rotatable bonds is 18. The van der Waals surface area contributed by atoms with Gasteiger partial charge in [-0.25, -0.2) is 0 Å². The van der Waals surface area contributed by atoms with Crippen LogP contribution in [0.15, 0.2) is 48.7 Å². The van der Waals surface area contributed by atoms with Crippen molar-refractivity contribution in [3.05, 3.63) is 59.9 Å². The highest BCUT2D eigenvalue weighted by Gasteiger charge is 2.15. The molecule has 0 bridgehead atoms. The lowest BCUT2D eigenvalue weighted by Gasteiger charge is -2.21. The van der Waals surface area contributed by atoms with Crippen LogP contribution >= 0.6 is 0 Å². The van der Waals surface area contributed by atoms with Gasteiger partial charge in [0.15, 0.2) is 0 Å². The summed E-state index contributed by atoms with van der Waals surface area (Å²) in [5.41, 5.74) is 7.97. The summed E-state index contributed by atoms with van der Waals surface area (Å²) in [4.78, 5) is 30.5. The number of anilines is 4. The van der Waals surface area contributed by atoms with Crippen LogP contribution in [0.1, 0.15) is 43.4 Å². The van der Waals surface area contributed by atoms with E-state index in [1.54, 1.807) is 6.20 Å². The summed E-state index contributed by atoms with van der Waals surface area (Å²) < 4.78 is 10.7. The van der Waals surface area contributed by atoms with Gasteiger partial charge >= 0.3 is 0 Å². The first-order valence-corrected chi connectivity index (χ1v) is 14.8. The van der Waals surface area contributed by atoms with Crippen molar-refractivity contribution in [2.24, 2.45) is 11.7 Å². The number of hydrogen-bond donors (Lipinski definition) is 5. The van der Waals surface area contributed by atoms with E-state index in [1.165, 1.54) is 32.1 Å². The minimum atomic E-state index is -0.0616. The lowest BCUT2D eigenvalue weighted by Crippen LogP contribution is -2.29. The number of pyridine rings is 1. The Morgan fingerprint density at radius 2 is 1.60 bits per heavy atom. The second kappa shape index (κ2) is 17.8. The van der Waals surface area contributed by atoms with E-state index < -0.39 is 0 Å². The molecular formula is C30H43N9O3. The summed E-state index contributed by atoms with van der Waals surface area (Å²) in [7, 11) is 0. The van der Waals surface area contributed by atoms with E-state index in [2.05, 4.69) is 41.2 Å². The van der Waals surface area contributed by atoms with E-state index in [9.17, 15) is 4.79 Å². The van der Waals surface area contributed by atoms with Crippen molar-refractivity contribution in [3.8, 4) is 0 Å². The van der Waals surface area contributed by atoms with Crippen molar-refractivity contribution in [2.45, 2.75) is 45.1 Å². The summed E-state index contributed by atoms with van der Waals surface area (Å²) in [6, 6.07) is 13.4. The molecule has 0 atom stereocenters. The number of nitrogens with two attached hydrogens (primary N) is 1. The van der Waals surface area contributed by atoms with Crippen LogP contribution in [0.25, 0.3) is 0 Å². The van der Waals surface area contributed by atoms with Gasteiger partial charge < -0.3 is 36.5 Å². The van der Waals surface area contributed by atoms with E-state index in [0.717, 1.165) is 23.5 Å². The SMILES string of the molecule is NCCOCCOCCNC(=O)Cc1ccc(Nc2nc(NCc3ccccn3)nc(NCC3CCCCC3)n2)cc1. The van der Waals surface area contributed by atoms with Crippen LogP contribution in [0.4, 0.5) is 23.5 Å². The third-order valence-corrected chi connectivity index (χ3v) is 6.84. The minimum absolute atomic E-state index is 0.0616. The number of benzene rings is 1. The van der Waals surface area contributed by atoms with Crippen molar-refractivity contribution in [3.63, 3.8) is 0 Å². The maximum atomic E-state index is 12.3. The highest BCUT2D eigenvalue weighted by molar-refractivity contribution is 5.78. The Labute approximate surface area is 247 Å². The number of nitrogens with one attached hydrogen (secondary N) is 4. The molecule has 1 saturated carbocycles. The van der Waals surface area contributed by atoms with E-state index in [-0.39, 0.29) is 12.3 Å². The number of nitrogens with zero attached hydrogens (tertiary/aromatic N) is 4.